The number of nitrogens with zero attached hydrogens (tertiary/aromatic N) is 2. The molecule has 5 nitrogen and oxygen atoms in total. The summed E-state index contributed by atoms with van der Waals surface area (Å²) >= 11 is 12.2. The summed E-state index contributed by atoms with van der Waals surface area (Å²) in [5.74, 6) is -0.260. The van der Waals surface area contributed by atoms with Crippen molar-refractivity contribution in [3.63, 3.8) is 0 Å². The number of halogens is 2. The highest BCUT2D eigenvalue weighted by Gasteiger charge is 2.31. The molecule has 0 atom stereocenters. The van der Waals surface area contributed by atoms with Crippen LogP contribution in [0, 0.1) is 6.92 Å². The van der Waals surface area contributed by atoms with Crippen LogP contribution in [0.3, 0.4) is 0 Å². The molecule has 0 radical (unpaired) electrons. The van der Waals surface area contributed by atoms with E-state index < -0.39 is 10.0 Å². The Morgan fingerprint density at radius 3 is 2.14 bits per heavy atom. The zero-order valence-corrected chi connectivity index (χ0v) is 18.8. The largest absolute Gasteiger partial charge is 0.341 e. The number of sulfonamides is 1. The van der Waals surface area contributed by atoms with Crippen LogP contribution in [-0.4, -0.2) is 38.9 Å². The van der Waals surface area contributed by atoms with Crippen LogP contribution < -0.4 is 4.31 Å². The summed E-state index contributed by atoms with van der Waals surface area (Å²) in [5.41, 5.74) is 1.20. The van der Waals surface area contributed by atoms with Crippen molar-refractivity contribution in [3.8, 4) is 0 Å². The van der Waals surface area contributed by atoms with Gasteiger partial charge in [0.15, 0.2) is 0 Å². The van der Waals surface area contributed by atoms with Crippen LogP contribution in [0.4, 0.5) is 5.69 Å². The van der Waals surface area contributed by atoms with E-state index in [9.17, 15) is 13.2 Å². The van der Waals surface area contributed by atoms with Crippen LogP contribution >= 0.6 is 23.2 Å². The van der Waals surface area contributed by atoms with Crippen molar-refractivity contribution in [2.75, 3.05) is 17.9 Å². The lowest BCUT2D eigenvalue weighted by Crippen LogP contribution is -2.44. The number of anilines is 1. The number of carbonyl (C=O) groups is 1. The molecule has 2 aromatic carbocycles. The molecule has 1 aliphatic carbocycles. The van der Waals surface area contributed by atoms with Crippen LogP contribution in [0.25, 0.3) is 0 Å². The van der Waals surface area contributed by atoms with E-state index in [1.54, 1.807) is 24.1 Å². The Kier molecular flexibility index (Phi) is 6.76. The van der Waals surface area contributed by atoms with Gasteiger partial charge in [-0.2, -0.15) is 0 Å². The Balaban J connectivity index is 1.99. The predicted molar refractivity (Wildman–Crippen MR) is 117 cm³/mol. The van der Waals surface area contributed by atoms with Crippen LogP contribution in [-0.2, 0) is 14.8 Å². The van der Waals surface area contributed by atoms with E-state index in [0.717, 1.165) is 35.6 Å². The van der Waals surface area contributed by atoms with Gasteiger partial charge in [-0.25, -0.2) is 8.42 Å². The van der Waals surface area contributed by atoms with E-state index in [1.165, 1.54) is 30.3 Å². The third-order valence-electron chi connectivity index (χ3n) is 5.29. The first-order valence-electron chi connectivity index (χ1n) is 9.49. The highest BCUT2D eigenvalue weighted by atomic mass is 35.5. The van der Waals surface area contributed by atoms with Crippen molar-refractivity contribution in [2.45, 2.75) is 43.5 Å². The second-order valence-electron chi connectivity index (χ2n) is 7.40. The highest BCUT2D eigenvalue weighted by molar-refractivity contribution is 7.92. The third-order valence-corrected chi connectivity index (χ3v) is 7.51. The van der Waals surface area contributed by atoms with Gasteiger partial charge in [0.05, 0.1) is 10.6 Å². The van der Waals surface area contributed by atoms with Crippen molar-refractivity contribution in [3.05, 3.63) is 58.1 Å². The van der Waals surface area contributed by atoms with Crippen LogP contribution in [0.1, 0.15) is 31.2 Å². The summed E-state index contributed by atoms with van der Waals surface area (Å²) in [6.07, 6.45) is 4.04. The second kappa shape index (κ2) is 8.94. The van der Waals surface area contributed by atoms with Crippen LogP contribution in [0.5, 0.6) is 0 Å². The number of amides is 1. The molecule has 1 fully saturated rings. The standard InChI is InChI=1S/C21H24Cl2N2O3S/c1-15-7-9-20(10-8-15)29(27,28)25(19-12-16(22)11-17(23)13-19)14-21(26)24(2)18-5-3-4-6-18/h7-13,18H,3-6,14H2,1-2H3. The molecular formula is C21H24Cl2N2O3S. The van der Waals surface area contributed by atoms with Crippen LogP contribution in [0.2, 0.25) is 10.0 Å². The van der Waals surface area contributed by atoms with Crippen molar-refractivity contribution >= 4 is 44.8 Å². The molecular weight excluding hydrogens is 431 g/mol. The van der Waals surface area contributed by atoms with Gasteiger partial charge in [-0.05, 0) is 50.1 Å². The zero-order chi connectivity index (χ0) is 21.2. The van der Waals surface area contributed by atoms with Gasteiger partial charge in [0.1, 0.15) is 6.54 Å². The van der Waals surface area contributed by atoms with Gasteiger partial charge in [0.25, 0.3) is 10.0 Å². The molecule has 1 aliphatic rings. The third kappa shape index (κ3) is 5.05. The minimum atomic E-state index is -3.99. The first-order chi connectivity index (χ1) is 13.7. The molecule has 8 heteroatoms. The Hall–Kier alpha value is -1.76. The summed E-state index contributed by atoms with van der Waals surface area (Å²) in [6.45, 7) is 1.56. The van der Waals surface area contributed by atoms with Gasteiger partial charge in [0, 0.05) is 23.1 Å². The summed E-state index contributed by atoms with van der Waals surface area (Å²) in [5, 5.41) is 0.599. The average Bonchev–Trinajstić information content (AvgIpc) is 3.19. The number of carbonyl (C=O) groups excluding carboxylic acids is 1. The van der Waals surface area contributed by atoms with Crippen LogP contribution in [0.15, 0.2) is 47.4 Å². The number of hydrogen-bond acceptors (Lipinski definition) is 3. The molecule has 0 N–H and O–H groups in total. The number of rotatable bonds is 6. The maximum Gasteiger partial charge on any atom is 0.264 e. The van der Waals surface area contributed by atoms with Gasteiger partial charge in [-0.1, -0.05) is 53.7 Å². The summed E-state index contributed by atoms with van der Waals surface area (Å²) in [4.78, 5) is 14.7. The average molecular weight is 455 g/mol. The van der Waals surface area contributed by atoms with Gasteiger partial charge in [0.2, 0.25) is 5.91 Å². The fourth-order valence-electron chi connectivity index (χ4n) is 3.57. The molecule has 0 aromatic heterocycles. The molecule has 0 heterocycles. The highest BCUT2D eigenvalue weighted by Crippen LogP contribution is 2.30. The molecule has 0 bridgehead atoms. The summed E-state index contributed by atoms with van der Waals surface area (Å²) in [7, 11) is -2.25. The molecule has 0 aliphatic heterocycles. The van der Waals surface area contributed by atoms with Crippen molar-refractivity contribution in [2.24, 2.45) is 0 Å². The minimum Gasteiger partial charge on any atom is -0.341 e. The molecule has 0 spiro atoms. The smallest absolute Gasteiger partial charge is 0.264 e. The Morgan fingerprint density at radius 1 is 1.03 bits per heavy atom. The number of hydrogen-bond donors (Lipinski definition) is 0. The predicted octanol–water partition coefficient (Wildman–Crippen LogP) is 4.90. The van der Waals surface area contributed by atoms with Gasteiger partial charge < -0.3 is 4.90 Å². The molecule has 2 aromatic rings. The quantitative estimate of drug-likeness (QED) is 0.623. The molecule has 0 unspecified atom stereocenters. The normalized spacial score (nSPS) is 14.8. The van der Waals surface area contributed by atoms with Crippen molar-refractivity contribution in [1.82, 2.24) is 4.90 Å². The van der Waals surface area contributed by atoms with Crippen molar-refractivity contribution < 1.29 is 13.2 Å². The van der Waals surface area contributed by atoms with Crippen molar-refractivity contribution in [1.29, 1.82) is 0 Å². The fraction of sp³-hybridized carbons (Fsp3) is 0.381. The number of benzene rings is 2. The maximum atomic E-state index is 13.4. The SMILES string of the molecule is Cc1ccc(S(=O)(=O)N(CC(=O)N(C)C2CCCC2)c2cc(Cl)cc(Cl)c2)cc1. The number of likely N-dealkylation sites (N-methyl/N-ethyl adjacent to an activating group) is 1. The molecule has 0 saturated heterocycles. The van der Waals surface area contributed by atoms with E-state index in [1.807, 2.05) is 6.92 Å². The molecule has 1 saturated carbocycles. The lowest BCUT2D eigenvalue weighted by atomic mass is 10.2. The lowest BCUT2D eigenvalue weighted by Gasteiger charge is -2.29. The minimum absolute atomic E-state index is 0.107. The van der Waals surface area contributed by atoms with E-state index >= 15 is 0 Å². The Labute approximate surface area is 182 Å². The first kappa shape index (κ1) is 21.9. The Morgan fingerprint density at radius 2 is 1.59 bits per heavy atom. The van der Waals surface area contributed by atoms with Gasteiger partial charge in [-0.15, -0.1) is 0 Å². The monoisotopic (exact) mass is 454 g/mol. The molecule has 3 rings (SSSR count). The zero-order valence-electron chi connectivity index (χ0n) is 16.4. The lowest BCUT2D eigenvalue weighted by molar-refractivity contribution is -0.130. The summed E-state index contributed by atoms with van der Waals surface area (Å²) in [6, 6.07) is 11.2. The fourth-order valence-corrected chi connectivity index (χ4v) is 5.48. The topological polar surface area (TPSA) is 57.7 Å². The second-order valence-corrected chi connectivity index (χ2v) is 10.1. The molecule has 29 heavy (non-hydrogen) atoms. The van der Waals surface area contributed by atoms with Gasteiger partial charge in [-0.3, -0.25) is 9.10 Å². The molecule has 156 valence electrons. The molecule has 1 amide bonds. The summed E-state index contributed by atoms with van der Waals surface area (Å²) < 4.78 is 27.9. The van der Waals surface area contributed by atoms with E-state index in [-0.39, 0.29) is 29.1 Å². The van der Waals surface area contributed by atoms with E-state index in [4.69, 9.17) is 23.2 Å². The maximum absolute atomic E-state index is 13.4. The first-order valence-corrected chi connectivity index (χ1v) is 11.7. The Bertz CT molecular complexity index is 967. The van der Waals surface area contributed by atoms with Gasteiger partial charge >= 0.3 is 0 Å². The van der Waals surface area contributed by atoms with E-state index in [2.05, 4.69) is 0 Å². The number of aryl methyl sites for hydroxylation is 1. The van der Waals surface area contributed by atoms with E-state index in [0.29, 0.717) is 10.0 Å².